The molecule has 3 atom stereocenters. The molecular formula is C8H10Cl2O2. The molecule has 0 aromatic carbocycles. The number of carbonyl (C=O) groups is 1. The first-order valence-electron chi connectivity index (χ1n) is 3.70. The summed E-state index contributed by atoms with van der Waals surface area (Å²) in [5.74, 6) is -0.619. The number of carboxylic acid groups (broad SMARTS) is 1. The van der Waals surface area contributed by atoms with Gasteiger partial charge in [-0.1, -0.05) is 37.0 Å². The topological polar surface area (TPSA) is 37.3 Å². The lowest BCUT2D eigenvalue weighted by Gasteiger charge is -2.04. The minimum atomic E-state index is -0.846. The van der Waals surface area contributed by atoms with Crippen molar-refractivity contribution in [3.63, 3.8) is 0 Å². The second-order valence-electron chi connectivity index (χ2n) is 3.25. The van der Waals surface area contributed by atoms with E-state index in [1.807, 2.05) is 13.8 Å². The van der Waals surface area contributed by atoms with E-state index in [-0.39, 0.29) is 16.3 Å². The van der Waals surface area contributed by atoms with Crippen molar-refractivity contribution >= 4 is 29.2 Å². The molecule has 0 heterocycles. The van der Waals surface area contributed by atoms with E-state index >= 15 is 0 Å². The molecule has 0 amide bonds. The van der Waals surface area contributed by atoms with Crippen LogP contribution in [0.4, 0.5) is 0 Å². The van der Waals surface area contributed by atoms with Crippen LogP contribution in [0.25, 0.3) is 0 Å². The Bertz CT molecular complexity index is 235. The van der Waals surface area contributed by atoms with E-state index in [1.165, 1.54) is 6.08 Å². The number of aliphatic carboxylic acids is 1. The first-order chi connectivity index (χ1) is 5.43. The van der Waals surface area contributed by atoms with Crippen LogP contribution in [0.5, 0.6) is 0 Å². The summed E-state index contributed by atoms with van der Waals surface area (Å²) in [5, 5.41) is 8.93. The third kappa shape index (κ3) is 1.23. The van der Waals surface area contributed by atoms with Crippen LogP contribution in [0, 0.1) is 17.3 Å². The maximum atomic E-state index is 10.9. The molecule has 1 aliphatic rings. The van der Waals surface area contributed by atoms with Gasteiger partial charge in [0.1, 0.15) is 4.49 Å². The maximum absolute atomic E-state index is 10.9. The fraction of sp³-hybridized carbons (Fsp3) is 0.625. The fourth-order valence-corrected chi connectivity index (χ4v) is 2.06. The van der Waals surface area contributed by atoms with Crippen LogP contribution in [-0.2, 0) is 4.79 Å². The van der Waals surface area contributed by atoms with Crippen molar-refractivity contribution in [2.45, 2.75) is 13.8 Å². The van der Waals surface area contributed by atoms with E-state index in [0.29, 0.717) is 0 Å². The van der Waals surface area contributed by atoms with Crippen molar-refractivity contribution in [2.24, 2.45) is 17.3 Å². The molecule has 2 nitrogen and oxygen atoms in total. The van der Waals surface area contributed by atoms with Gasteiger partial charge in [-0.15, -0.1) is 0 Å². The second kappa shape index (κ2) is 2.93. The van der Waals surface area contributed by atoms with Gasteiger partial charge in [-0.25, -0.2) is 0 Å². The highest BCUT2D eigenvalue weighted by Crippen LogP contribution is 2.60. The molecule has 1 aliphatic carbocycles. The Labute approximate surface area is 81.2 Å². The molecule has 12 heavy (non-hydrogen) atoms. The quantitative estimate of drug-likeness (QED) is 0.758. The van der Waals surface area contributed by atoms with Crippen LogP contribution < -0.4 is 0 Å². The second-order valence-corrected chi connectivity index (χ2v) is 4.26. The number of halogens is 2. The molecule has 1 N–H and O–H groups in total. The average Bonchev–Trinajstić information content (AvgIpc) is 2.41. The average molecular weight is 209 g/mol. The third-order valence-corrected chi connectivity index (χ3v) is 3.08. The SMILES string of the molecule is C[C@@H]1[C@H](C)C1(C=C(Cl)Cl)C(=O)O. The number of hydrogen-bond acceptors (Lipinski definition) is 1. The van der Waals surface area contributed by atoms with Gasteiger partial charge in [-0.3, -0.25) is 4.79 Å². The van der Waals surface area contributed by atoms with Crippen molar-refractivity contribution in [3.05, 3.63) is 10.6 Å². The Morgan fingerprint density at radius 1 is 1.42 bits per heavy atom. The first kappa shape index (κ1) is 9.87. The van der Waals surface area contributed by atoms with Crippen molar-refractivity contribution < 1.29 is 9.90 Å². The van der Waals surface area contributed by atoms with Crippen molar-refractivity contribution in [2.75, 3.05) is 0 Å². The molecule has 0 spiro atoms. The smallest absolute Gasteiger partial charge is 0.314 e. The van der Waals surface area contributed by atoms with Gasteiger partial charge < -0.3 is 5.11 Å². The number of rotatable bonds is 2. The van der Waals surface area contributed by atoms with Crippen LogP contribution in [0.15, 0.2) is 10.6 Å². The zero-order valence-electron chi connectivity index (χ0n) is 6.84. The Balaban J connectivity index is 2.94. The van der Waals surface area contributed by atoms with Crippen LogP contribution in [0.3, 0.4) is 0 Å². The molecule has 1 rings (SSSR count). The normalized spacial score (nSPS) is 39.0. The predicted molar refractivity (Wildman–Crippen MR) is 48.2 cm³/mol. The molecule has 0 aromatic rings. The maximum Gasteiger partial charge on any atom is 0.314 e. The Morgan fingerprint density at radius 3 is 1.92 bits per heavy atom. The van der Waals surface area contributed by atoms with Crippen LogP contribution >= 0.6 is 23.2 Å². The molecule has 1 fully saturated rings. The molecule has 0 bridgehead atoms. The summed E-state index contributed by atoms with van der Waals surface area (Å²) in [6.07, 6.45) is 1.42. The van der Waals surface area contributed by atoms with Crippen LogP contribution in [-0.4, -0.2) is 11.1 Å². The molecule has 4 heteroatoms. The molecule has 0 aromatic heterocycles. The molecule has 1 unspecified atom stereocenters. The van der Waals surface area contributed by atoms with Crippen LogP contribution in [0.1, 0.15) is 13.8 Å². The van der Waals surface area contributed by atoms with E-state index in [4.69, 9.17) is 28.3 Å². The summed E-state index contributed by atoms with van der Waals surface area (Å²) < 4.78 is 0.0357. The Hall–Kier alpha value is -0.210. The standard InChI is InChI=1S/C8H10Cl2O2/c1-4-5(2)8(4,7(11)12)3-6(9)10/h3-5H,1-2H3,(H,11,12)/t4-,5+,8?. The molecule has 1 saturated carbocycles. The highest BCUT2D eigenvalue weighted by atomic mass is 35.5. The van der Waals surface area contributed by atoms with Gasteiger partial charge in [0.15, 0.2) is 0 Å². The third-order valence-electron chi connectivity index (χ3n) is 2.87. The summed E-state index contributed by atoms with van der Waals surface area (Å²) in [6, 6.07) is 0. The van der Waals surface area contributed by atoms with Crippen molar-refractivity contribution in [3.8, 4) is 0 Å². The van der Waals surface area contributed by atoms with Crippen LogP contribution in [0.2, 0.25) is 0 Å². The molecule has 0 radical (unpaired) electrons. The number of carboxylic acids is 1. The largest absolute Gasteiger partial charge is 0.481 e. The Morgan fingerprint density at radius 2 is 1.83 bits per heavy atom. The lowest BCUT2D eigenvalue weighted by Crippen LogP contribution is -2.15. The minimum absolute atomic E-state index is 0.0357. The lowest BCUT2D eigenvalue weighted by atomic mass is 10.0. The zero-order valence-corrected chi connectivity index (χ0v) is 8.36. The van der Waals surface area contributed by atoms with E-state index < -0.39 is 11.4 Å². The lowest BCUT2D eigenvalue weighted by molar-refractivity contribution is -0.142. The highest BCUT2D eigenvalue weighted by molar-refractivity contribution is 6.56. The summed E-state index contributed by atoms with van der Waals surface area (Å²) in [5.41, 5.74) is -0.821. The van der Waals surface area contributed by atoms with Gasteiger partial charge in [0.25, 0.3) is 0 Å². The fourth-order valence-electron chi connectivity index (χ4n) is 1.70. The molecule has 0 aliphatic heterocycles. The van der Waals surface area contributed by atoms with E-state index in [2.05, 4.69) is 0 Å². The van der Waals surface area contributed by atoms with Gasteiger partial charge in [-0.2, -0.15) is 0 Å². The minimum Gasteiger partial charge on any atom is -0.481 e. The molecule has 0 saturated heterocycles. The summed E-state index contributed by atoms with van der Waals surface area (Å²) in [6.45, 7) is 3.76. The summed E-state index contributed by atoms with van der Waals surface area (Å²) in [4.78, 5) is 10.9. The van der Waals surface area contributed by atoms with Gasteiger partial charge in [0.2, 0.25) is 0 Å². The van der Waals surface area contributed by atoms with Gasteiger partial charge >= 0.3 is 5.97 Å². The van der Waals surface area contributed by atoms with E-state index in [1.54, 1.807) is 0 Å². The summed E-state index contributed by atoms with van der Waals surface area (Å²) in [7, 11) is 0. The van der Waals surface area contributed by atoms with E-state index in [0.717, 1.165) is 0 Å². The Kier molecular flexibility index (Phi) is 2.41. The zero-order chi connectivity index (χ0) is 9.52. The van der Waals surface area contributed by atoms with Gasteiger partial charge in [0.05, 0.1) is 5.41 Å². The van der Waals surface area contributed by atoms with Gasteiger partial charge in [0, 0.05) is 0 Å². The summed E-state index contributed by atoms with van der Waals surface area (Å²) >= 11 is 10.9. The molecular weight excluding hydrogens is 199 g/mol. The van der Waals surface area contributed by atoms with Crippen molar-refractivity contribution in [1.82, 2.24) is 0 Å². The predicted octanol–water partition coefficient (Wildman–Crippen LogP) is 2.66. The monoisotopic (exact) mass is 208 g/mol. The first-order valence-corrected chi connectivity index (χ1v) is 4.45. The number of hydrogen-bond donors (Lipinski definition) is 1. The highest BCUT2D eigenvalue weighted by Gasteiger charge is 2.63. The van der Waals surface area contributed by atoms with Crippen molar-refractivity contribution in [1.29, 1.82) is 0 Å². The van der Waals surface area contributed by atoms with Gasteiger partial charge in [-0.05, 0) is 17.9 Å². The molecule has 68 valence electrons. The van der Waals surface area contributed by atoms with E-state index in [9.17, 15) is 4.79 Å².